The Morgan fingerprint density at radius 1 is 0.778 bits per heavy atom. The molecule has 0 radical (unpaired) electrons. The lowest BCUT2D eigenvalue weighted by Crippen LogP contribution is -1.96. The Morgan fingerprint density at radius 3 is 2.00 bits per heavy atom. The zero-order chi connectivity index (χ0) is 12.6. The Hall–Kier alpha value is -1.71. The fourth-order valence-corrected chi connectivity index (χ4v) is 2.51. The lowest BCUT2D eigenvalue weighted by molar-refractivity contribution is 0.104. The van der Waals surface area contributed by atoms with Crippen LogP contribution in [0.3, 0.4) is 0 Å². The third kappa shape index (κ3) is 3.65. The summed E-state index contributed by atoms with van der Waals surface area (Å²) in [5.74, 6) is 0.107. The van der Waals surface area contributed by atoms with Crippen LogP contribution in [0.2, 0.25) is 0 Å². The quantitative estimate of drug-likeness (QED) is 0.616. The molecule has 0 amide bonds. The van der Waals surface area contributed by atoms with Gasteiger partial charge >= 0.3 is 0 Å². The second-order valence-corrected chi connectivity index (χ2v) is 5.23. The van der Waals surface area contributed by atoms with E-state index in [9.17, 15) is 4.79 Å². The molecule has 0 aliphatic carbocycles. The van der Waals surface area contributed by atoms with Crippen molar-refractivity contribution in [3.8, 4) is 0 Å². The topological polar surface area (TPSA) is 17.1 Å². The van der Waals surface area contributed by atoms with E-state index < -0.39 is 0 Å². The summed E-state index contributed by atoms with van der Waals surface area (Å²) in [5.41, 5.74) is 0.755. The van der Waals surface area contributed by atoms with Crippen LogP contribution in [0.4, 0.5) is 0 Å². The average molecular weight is 272 g/mol. The van der Waals surface area contributed by atoms with Crippen molar-refractivity contribution < 1.29 is 4.79 Å². The maximum absolute atomic E-state index is 11.7. The fraction of sp³-hybridized carbons (Fsp3) is 0. The first-order valence-electron chi connectivity index (χ1n) is 5.48. The van der Waals surface area contributed by atoms with Gasteiger partial charge in [-0.1, -0.05) is 48.5 Å². The molecule has 0 bridgehead atoms. The molecule has 0 aliphatic heterocycles. The summed E-state index contributed by atoms with van der Waals surface area (Å²) < 4.78 is 0. The Balaban J connectivity index is 0.000000202. The van der Waals surface area contributed by atoms with Crippen LogP contribution in [0.5, 0.6) is 0 Å². The van der Waals surface area contributed by atoms with E-state index in [2.05, 4.69) is 0 Å². The van der Waals surface area contributed by atoms with Crippen molar-refractivity contribution in [3.63, 3.8) is 0 Å². The predicted molar refractivity (Wildman–Crippen MR) is 78.5 cm³/mol. The Morgan fingerprint density at radius 2 is 1.50 bits per heavy atom. The third-order valence-electron chi connectivity index (χ3n) is 2.21. The zero-order valence-electron chi connectivity index (χ0n) is 9.65. The van der Waals surface area contributed by atoms with Crippen LogP contribution < -0.4 is 0 Å². The number of thiophene rings is 2. The Kier molecular flexibility index (Phi) is 4.88. The van der Waals surface area contributed by atoms with Crippen molar-refractivity contribution in [1.82, 2.24) is 0 Å². The number of rotatable bonds is 2. The molecular formula is C15H12OS2. The van der Waals surface area contributed by atoms with Gasteiger partial charge in [-0.2, -0.15) is 11.3 Å². The molecule has 90 valence electrons. The lowest BCUT2D eigenvalue weighted by Gasteiger charge is -1.95. The molecule has 2 heterocycles. The second kappa shape index (κ2) is 6.89. The molecule has 0 fully saturated rings. The number of ketones is 1. The van der Waals surface area contributed by atoms with Crippen LogP contribution >= 0.6 is 22.7 Å². The van der Waals surface area contributed by atoms with E-state index in [1.165, 1.54) is 11.3 Å². The van der Waals surface area contributed by atoms with E-state index in [0.29, 0.717) is 0 Å². The highest BCUT2D eigenvalue weighted by atomic mass is 32.1. The standard InChI is InChI=1S/C11H8OS.C4H4S/c12-11(10-7-4-8-13-10)9-5-2-1-3-6-9;1-2-4-5-3-1/h1-8H;1-4H. The number of hydrogen-bond donors (Lipinski definition) is 0. The highest BCUT2D eigenvalue weighted by molar-refractivity contribution is 7.12. The van der Waals surface area contributed by atoms with Crippen molar-refractivity contribution in [1.29, 1.82) is 0 Å². The maximum Gasteiger partial charge on any atom is 0.202 e. The van der Waals surface area contributed by atoms with Crippen LogP contribution in [0, 0.1) is 0 Å². The molecule has 2 aromatic heterocycles. The van der Waals surface area contributed by atoms with Crippen molar-refractivity contribution in [2.75, 3.05) is 0 Å². The molecule has 0 unspecified atom stereocenters. The minimum Gasteiger partial charge on any atom is -0.288 e. The van der Waals surface area contributed by atoms with Gasteiger partial charge in [0, 0.05) is 5.56 Å². The van der Waals surface area contributed by atoms with Gasteiger partial charge in [0.05, 0.1) is 4.88 Å². The summed E-state index contributed by atoms with van der Waals surface area (Å²) in [6.07, 6.45) is 0. The van der Waals surface area contributed by atoms with Gasteiger partial charge in [0.25, 0.3) is 0 Å². The van der Waals surface area contributed by atoms with Gasteiger partial charge in [0.2, 0.25) is 5.78 Å². The molecule has 1 aromatic carbocycles. The van der Waals surface area contributed by atoms with Crippen molar-refractivity contribution in [2.45, 2.75) is 0 Å². The van der Waals surface area contributed by atoms with E-state index in [-0.39, 0.29) is 5.78 Å². The van der Waals surface area contributed by atoms with Crippen molar-refractivity contribution in [3.05, 3.63) is 81.2 Å². The molecule has 3 rings (SSSR count). The number of hydrogen-bond acceptors (Lipinski definition) is 3. The number of carbonyl (C=O) groups excluding carboxylic acids is 1. The van der Waals surface area contributed by atoms with E-state index in [1.54, 1.807) is 11.3 Å². The molecule has 0 saturated heterocycles. The minimum atomic E-state index is 0.107. The van der Waals surface area contributed by atoms with Gasteiger partial charge in [0.1, 0.15) is 0 Å². The van der Waals surface area contributed by atoms with Crippen molar-refractivity contribution in [2.24, 2.45) is 0 Å². The van der Waals surface area contributed by atoms with Crippen LogP contribution in [0.15, 0.2) is 70.7 Å². The monoisotopic (exact) mass is 272 g/mol. The Labute approximate surface area is 114 Å². The van der Waals surface area contributed by atoms with Gasteiger partial charge in [-0.3, -0.25) is 4.79 Å². The van der Waals surface area contributed by atoms with Crippen LogP contribution in [-0.4, -0.2) is 5.78 Å². The first-order valence-corrected chi connectivity index (χ1v) is 7.30. The smallest absolute Gasteiger partial charge is 0.202 e. The molecular weight excluding hydrogens is 260 g/mol. The highest BCUT2D eigenvalue weighted by Crippen LogP contribution is 2.14. The maximum atomic E-state index is 11.7. The van der Waals surface area contributed by atoms with Crippen LogP contribution in [0.25, 0.3) is 0 Å². The molecule has 3 aromatic rings. The van der Waals surface area contributed by atoms with Gasteiger partial charge in [0.15, 0.2) is 0 Å². The number of benzene rings is 1. The minimum absolute atomic E-state index is 0.107. The summed E-state index contributed by atoms with van der Waals surface area (Å²) in [5, 5.41) is 6.00. The van der Waals surface area contributed by atoms with Crippen LogP contribution in [-0.2, 0) is 0 Å². The fourth-order valence-electron chi connectivity index (χ4n) is 1.37. The first kappa shape index (κ1) is 12.7. The molecule has 18 heavy (non-hydrogen) atoms. The van der Waals surface area contributed by atoms with Crippen molar-refractivity contribution >= 4 is 28.5 Å². The molecule has 1 nitrogen and oxygen atoms in total. The van der Waals surface area contributed by atoms with E-state index in [4.69, 9.17) is 0 Å². The Bertz CT molecular complexity index is 537. The van der Waals surface area contributed by atoms with E-state index >= 15 is 0 Å². The first-order chi connectivity index (χ1) is 8.88. The summed E-state index contributed by atoms with van der Waals surface area (Å²) in [6, 6.07) is 17.1. The third-order valence-corrected chi connectivity index (χ3v) is 3.70. The van der Waals surface area contributed by atoms with E-state index in [0.717, 1.165) is 10.4 Å². The highest BCUT2D eigenvalue weighted by Gasteiger charge is 2.07. The molecule has 0 spiro atoms. The molecule has 0 saturated carbocycles. The van der Waals surface area contributed by atoms with Crippen LogP contribution in [0.1, 0.15) is 15.2 Å². The summed E-state index contributed by atoms with van der Waals surface area (Å²) in [6.45, 7) is 0. The van der Waals surface area contributed by atoms with Gasteiger partial charge < -0.3 is 0 Å². The largest absolute Gasteiger partial charge is 0.288 e. The molecule has 3 heteroatoms. The molecule has 0 N–H and O–H groups in total. The molecule has 0 atom stereocenters. The average Bonchev–Trinajstić information content (AvgIpc) is 3.14. The summed E-state index contributed by atoms with van der Waals surface area (Å²) >= 11 is 3.19. The van der Waals surface area contributed by atoms with Gasteiger partial charge in [-0.25, -0.2) is 0 Å². The van der Waals surface area contributed by atoms with Gasteiger partial charge in [-0.15, -0.1) is 11.3 Å². The number of carbonyl (C=O) groups is 1. The molecule has 0 aliphatic rings. The predicted octanol–water partition coefficient (Wildman–Crippen LogP) is 4.73. The second-order valence-electron chi connectivity index (χ2n) is 3.47. The van der Waals surface area contributed by atoms with E-state index in [1.807, 2.05) is 70.7 Å². The zero-order valence-corrected chi connectivity index (χ0v) is 11.3. The summed E-state index contributed by atoms with van der Waals surface area (Å²) in [4.78, 5) is 12.5. The lowest BCUT2D eigenvalue weighted by atomic mass is 10.1. The van der Waals surface area contributed by atoms with Gasteiger partial charge in [-0.05, 0) is 22.2 Å². The summed E-state index contributed by atoms with van der Waals surface area (Å²) in [7, 11) is 0. The SMILES string of the molecule is O=C(c1ccccc1)c1cccs1.c1ccsc1. The normalized spacial score (nSPS) is 9.33.